The van der Waals surface area contributed by atoms with Gasteiger partial charge in [0.25, 0.3) is 11.8 Å². The molecule has 2 aromatic carbocycles. The van der Waals surface area contributed by atoms with Crippen molar-refractivity contribution in [1.29, 1.82) is 0 Å². The Morgan fingerprint density at radius 2 is 1.91 bits per heavy atom. The van der Waals surface area contributed by atoms with Crippen LogP contribution in [0.1, 0.15) is 63.6 Å². The number of halogens is 1. The van der Waals surface area contributed by atoms with E-state index in [-0.39, 0.29) is 16.2 Å². The van der Waals surface area contributed by atoms with Crippen molar-refractivity contribution in [2.45, 2.75) is 65.5 Å². The molecule has 1 fully saturated rings. The molecule has 2 aliphatic rings. The third kappa shape index (κ3) is 4.25. The Hall–Kier alpha value is -2.70. The Kier molecular flexibility index (Phi) is 6.34. The van der Waals surface area contributed by atoms with Crippen LogP contribution in [0.2, 0.25) is 5.02 Å². The van der Waals surface area contributed by atoms with Crippen LogP contribution >= 0.6 is 23.8 Å². The molecular weight excluding hydrogens is 466 g/mol. The van der Waals surface area contributed by atoms with Gasteiger partial charge in [0.2, 0.25) is 0 Å². The highest BCUT2D eigenvalue weighted by atomic mass is 35.5. The van der Waals surface area contributed by atoms with E-state index in [4.69, 9.17) is 23.8 Å². The number of amides is 2. The first-order valence-electron chi connectivity index (χ1n) is 11.5. The summed E-state index contributed by atoms with van der Waals surface area (Å²) in [7, 11) is 0. The molecule has 178 valence electrons. The summed E-state index contributed by atoms with van der Waals surface area (Å²) in [5.41, 5.74) is 4.91. The van der Waals surface area contributed by atoms with E-state index in [1.54, 1.807) is 30.3 Å². The third-order valence-electron chi connectivity index (χ3n) is 6.65. The van der Waals surface area contributed by atoms with Gasteiger partial charge in [-0.1, -0.05) is 24.6 Å². The third-order valence-corrected chi connectivity index (χ3v) is 7.17. The van der Waals surface area contributed by atoms with Crippen LogP contribution in [-0.4, -0.2) is 28.5 Å². The molecule has 7 heteroatoms. The molecule has 0 saturated carbocycles. The van der Waals surface area contributed by atoms with Crippen molar-refractivity contribution in [2.75, 3.05) is 9.80 Å². The minimum atomic E-state index is -0.497. The number of thiocarbonyl (C=S) groups is 1. The van der Waals surface area contributed by atoms with Crippen molar-refractivity contribution in [2.24, 2.45) is 0 Å². The minimum Gasteiger partial charge on any atom is -0.364 e. The van der Waals surface area contributed by atoms with Crippen molar-refractivity contribution in [3.05, 3.63) is 63.7 Å². The lowest BCUT2D eigenvalue weighted by molar-refractivity contribution is -0.122. The van der Waals surface area contributed by atoms with Crippen molar-refractivity contribution in [1.82, 2.24) is 5.32 Å². The number of nitrogens with one attached hydrogen (secondary N) is 1. The Labute approximate surface area is 211 Å². The van der Waals surface area contributed by atoms with Gasteiger partial charge in [0.05, 0.1) is 5.69 Å². The fraction of sp³-hybridized carbons (Fsp3) is 0.370. The summed E-state index contributed by atoms with van der Waals surface area (Å²) in [4.78, 5) is 30.0. The first-order chi connectivity index (χ1) is 15.9. The number of carbonyl (C=O) groups excluding carboxylic acids is 2. The number of rotatable bonds is 3. The lowest BCUT2D eigenvalue weighted by Gasteiger charge is -2.50. The van der Waals surface area contributed by atoms with Crippen molar-refractivity contribution in [3.8, 4) is 0 Å². The van der Waals surface area contributed by atoms with E-state index in [1.165, 1.54) is 16.2 Å². The van der Waals surface area contributed by atoms with Gasteiger partial charge in [-0.25, -0.2) is 0 Å². The second kappa shape index (κ2) is 8.82. The topological polar surface area (TPSA) is 52.7 Å². The van der Waals surface area contributed by atoms with Gasteiger partial charge in [-0.15, -0.1) is 0 Å². The van der Waals surface area contributed by atoms with Gasteiger partial charge in [-0.3, -0.25) is 19.8 Å². The van der Waals surface area contributed by atoms with E-state index in [2.05, 4.69) is 57.0 Å². The maximum Gasteiger partial charge on any atom is 0.270 e. The normalized spacial score (nSPS) is 21.2. The first-order valence-corrected chi connectivity index (χ1v) is 12.3. The summed E-state index contributed by atoms with van der Waals surface area (Å²) in [6, 6.07) is 11.5. The zero-order valence-electron chi connectivity index (χ0n) is 20.4. The Morgan fingerprint density at radius 3 is 2.56 bits per heavy atom. The number of anilines is 2. The second-order valence-corrected chi connectivity index (χ2v) is 10.9. The van der Waals surface area contributed by atoms with Crippen molar-refractivity contribution >= 4 is 58.2 Å². The molecule has 0 radical (unpaired) electrons. The monoisotopic (exact) mass is 495 g/mol. The molecule has 2 amide bonds. The van der Waals surface area contributed by atoms with Crippen LogP contribution < -0.4 is 15.1 Å². The summed E-state index contributed by atoms with van der Waals surface area (Å²) in [5, 5.41) is 3.17. The molecule has 0 aromatic heterocycles. The molecule has 1 saturated heterocycles. The molecule has 1 unspecified atom stereocenters. The van der Waals surface area contributed by atoms with Crippen LogP contribution in [0, 0.1) is 6.92 Å². The van der Waals surface area contributed by atoms with E-state index in [0.717, 1.165) is 17.5 Å². The summed E-state index contributed by atoms with van der Waals surface area (Å²) < 4.78 is 0. The molecule has 2 heterocycles. The van der Waals surface area contributed by atoms with Gasteiger partial charge in [-0.05, 0) is 112 Å². The molecule has 0 spiro atoms. The fourth-order valence-corrected chi connectivity index (χ4v) is 5.87. The quantitative estimate of drug-likeness (QED) is 0.323. The maximum absolute atomic E-state index is 13.4. The van der Waals surface area contributed by atoms with Gasteiger partial charge in [-0.2, -0.15) is 0 Å². The maximum atomic E-state index is 13.4. The van der Waals surface area contributed by atoms with Gasteiger partial charge < -0.3 is 4.90 Å². The molecule has 2 aromatic rings. The first kappa shape index (κ1) is 24.4. The van der Waals surface area contributed by atoms with E-state index in [1.807, 2.05) is 6.92 Å². The average Bonchev–Trinajstić information content (AvgIpc) is 2.70. The standard InChI is InChI=1S/C27H30ClN3O2S/c1-15(2)31-23-10-16(3)18(11-21(23)17(4)14-27(31,5)6)12-22-24(32)29-26(34)30(25(22)33)20-9-7-8-19(28)13-20/h7-13,15,17H,14H2,1-6H3,(H,29,32,34)/b22-12+. The average molecular weight is 496 g/mol. The number of aryl methyl sites for hydroxylation is 1. The van der Waals surface area contributed by atoms with Crippen LogP contribution in [0.15, 0.2) is 42.0 Å². The van der Waals surface area contributed by atoms with E-state index in [9.17, 15) is 9.59 Å². The van der Waals surface area contributed by atoms with Crippen molar-refractivity contribution < 1.29 is 9.59 Å². The molecule has 4 rings (SSSR count). The van der Waals surface area contributed by atoms with Crippen LogP contribution in [0.25, 0.3) is 6.08 Å². The second-order valence-electron chi connectivity index (χ2n) is 10.1. The van der Waals surface area contributed by atoms with Crippen LogP contribution in [0.5, 0.6) is 0 Å². The molecule has 0 bridgehead atoms. The molecule has 34 heavy (non-hydrogen) atoms. The molecule has 1 atom stereocenters. The van der Waals surface area contributed by atoms with E-state index >= 15 is 0 Å². The molecule has 2 aliphatic heterocycles. The molecule has 0 aliphatic carbocycles. The summed E-state index contributed by atoms with van der Waals surface area (Å²) in [6.07, 6.45) is 2.70. The number of nitrogens with zero attached hydrogens (tertiary/aromatic N) is 2. The largest absolute Gasteiger partial charge is 0.364 e. The van der Waals surface area contributed by atoms with Gasteiger partial charge in [0.1, 0.15) is 5.57 Å². The predicted octanol–water partition coefficient (Wildman–Crippen LogP) is 5.98. The van der Waals surface area contributed by atoms with Crippen LogP contribution in [-0.2, 0) is 9.59 Å². The Balaban J connectivity index is 1.79. The Bertz CT molecular complexity index is 1230. The zero-order chi connectivity index (χ0) is 24.9. The SMILES string of the molecule is Cc1cc2c(cc1/C=C1\C(=O)NC(=S)N(c3cccc(Cl)c3)C1=O)C(C)CC(C)(C)N2C(C)C. The van der Waals surface area contributed by atoms with Gasteiger partial charge in [0.15, 0.2) is 5.11 Å². The van der Waals surface area contributed by atoms with Gasteiger partial charge in [0, 0.05) is 22.3 Å². The molecular formula is C27H30ClN3O2S. The summed E-state index contributed by atoms with van der Waals surface area (Å²) in [6.45, 7) is 13.3. The fourth-order valence-electron chi connectivity index (χ4n) is 5.41. The summed E-state index contributed by atoms with van der Waals surface area (Å²) >= 11 is 11.4. The lowest BCUT2D eigenvalue weighted by atomic mass is 9.78. The number of carbonyl (C=O) groups is 2. The Morgan fingerprint density at radius 1 is 1.21 bits per heavy atom. The number of hydrogen-bond donors (Lipinski definition) is 1. The van der Waals surface area contributed by atoms with Gasteiger partial charge >= 0.3 is 0 Å². The van der Waals surface area contributed by atoms with Crippen molar-refractivity contribution in [3.63, 3.8) is 0 Å². The summed E-state index contributed by atoms with van der Waals surface area (Å²) in [5.74, 6) is -0.612. The number of benzene rings is 2. The number of fused-ring (bicyclic) bond motifs is 1. The molecule has 5 nitrogen and oxygen atoms in total. The minimum absolute atomic E-state index is 0.0411. The van der Waals surface area contributed by atoms with Crippen LogP contribution in [0.3, 0.4) is 0 Å². The van der Waals surface area contributed by atoms with E-state index in [0.29, 0.717) is 22.7 Å². The zero-order valence-corrected chi connectivity index (χ0v) is 22.0. The lowest BCUT2D eigenvalue weighted by Crippen LogP contribution is -2.54. The van der Waals surface area contributed by atoms with E-state index < -0.39 is 11.8 Å². The highest BCUT2D eigenvalue weighted by Crippen LogP contribution is 2.45. The highest BCUT2D eigenvalue weighted by Gasteiger charge is 2.38. The predicted molar refractivity (Wildman–Crippen MR) is 144 cm³/mol. The smallest absolute Gasteiger partial charge is 0.270 e. The van der Waals surface area contributed by atoms with Crippen LogP contribution in [0.4, 0.5) is 11.4 Å². The highest BCUT2D eigenvalue weighted by molar-refractivity contribution is 7.80. The molecule has 1 N–H and O–H groups in total. The number of hydrogen-bond acceptors (Lipinski definition) is 4.